The van der Waals surface area contributed by atoms with Crippen LogP contribution in [0.3, 0.4) is 0 Å². The molecule has 10 nitrogen and oxygen atoms in total. The van der Waals surface area contributed by atoms with Crippen LogP contribution in [0.15, 0.2) is 6.08 Å². The predicted octanol–water partition coefficient (Wildman–Crippen LogP) is 3.13. The molecular formula is C23H26ClN3O7S2. The van der Waals surface area contributed by atoms with Crippen molar-refractivity contribution < 1.29 is 32.3 Å². The number of fused-ring (bicyclic) bond motifs is 1. The number of nitrogens with zero attached hydrogens (tertiary/aromatic N) is 2. The summed E-state index contributed by atoms with van der Waals surface area (Å²) in [5, 5.41) is 7.62. The zero-order chi connectivity index (χ0) is 26.0. The number of aryl methyl sites for hydroxylation is 2. The van der Waals surface area contributed by atoms with Crippen molar-refractivity contribution in [1.29, 1.82) is 0 Å². The van der Waals surface area contributed by atoms with Gasteiger partial charge in [-0.2, -0.15) is 5.10 Å². The second-order valence-electron chi connectivity index (χ2n) is 8.56. The fourth-order valence-electron chi connectivity index (χ4n) is 4.34. The average Bonchev–Trinajstić information content (AvgIpc) is 3.55. The molecule has 1 N–H and O–H groups in total. The van der Waals surface area contributed by atoms with Crippen molar-refractivity contribution in [3.05, 3.63) is 38.5 Å². The van der Waals surface area contributed by atoms with E-state index in [1.54, 1.807) is 13.8 Å². The van der Waals surface area contributed by atoms with Crippen LogP contribution in [0.1, 0.15) is 57.9 Å². The number of esters is 2. The van der Waals surface area contributed by atoms with Crippen LogP contribution in [0.25, 0.3) is 6.08 Å². The van der Waals surface area contributed by atoms with Gasteiger partial charge >= 0.3 is 11.9 Å². The van der Waals surface area contributed by atoms with E-state index in [0.717, 1.165) is 35.8 Å². The topological polar surface area (TPSA) is 134 Å². The van der Waals surface area contributed by atoms with E-state index in [-0.39, 0.29) is 29.3 Å². The van der Waals surface area contributed by atoms with Gasteiger partial charge in [-0.3, -0.25) is 4.79 Å². The summed E-state index contributed by atoms with van der Waals surface area (Å²) in [7, 11) is -3.11. The Hall–Kier alpha value is -2.70. The van der Waals surface area contributed by atoms with Crippen molar-refractivity contribution in [2.45, 2.75) is 45.6 Å². The fourth-order valence-corrected chi connectivity index (χ4v) is 7.70. The molecule has 0 spiro atoms. The Labute approximate surface area is 217 Å². The van der Waals surface area contributed by atoms with Crippen molar-refractivity contribution in [2.24, 2.45) is 0 Å². The number of hydrogen-bond acceptors (Lipinski definition) is 9. The lowest BCUT2D eigenvalue weighted by Crippen LogP contribution is -2.21. The molecule has 2 aliphatic rings. The quantitative estimate of drug-likeness (QED) is 0.388. The molecule has 2 aromatic heterocycles. The molecule has 1 saturated heterocycles. The number of sulfone groups is 1. The van der Waals surface area contributed by atoms with Gasteiger partial charge in [0.05, 0.1) is 35.4 Å². The first-order valence-electron chi connectivity index (χ1n) is 11.5. The van der Waals surface area contributed by atoms with E-state index in [0.29, 0.717) is 28.2 Å². The number of carbonyl (C=O) groups excluding carboxylic acids is 3. The van der Waals surface area contributed by atoms with Gasteiger partial charge in [-0.05, 0) is 51.2 Å². The van der Waals surface area contributed by atoms with Gasteiger partial charge in [0.15, 0.2) is 16.4 Å². The number of rotatable bonds is 8. The van der Waals surface area contributed by atoms with Gasteiger partial charge in [-0.15, -0.1) is 11.3 Å². The van der Waals surface area contributed by atoms with Crippen molar-refractivity contribution in [2.75, 3.05) is 30.0 Å². The van der Waals surface area contributed by atoms with Crippen LogP contribution >= 0.6 is 22.9 Å². The minimum atomic E-state index is -3.11. The highest BCUT2D eigenvalue weighted by atomic mass is 35.5. The third kappa shape index (κ3) is 5.65. The minimum Gasteiger partial charge on any atom is -0.462 e. The molecule has 0 radical (unpaired) electrons. The molecule has 194 valence electrons. The maximum absolute atomic E-state index is 12.4. The largest absolute Gasteiger partial charge is 0.462 e. The van der Waals surface area contributed by atoms with Crippen molar-refractivity contribution in [1.82, 2.24) is 9.78 Å². The third-order valence-corrected chi connectivity index (χ3v) is 9.34. The van der Waals surface area contributed by atoms with Gasteiger partial charge in [0, 0.05) is 16.5 Å². The Kier molecular flexibility index (Phi) is 7.86. The molecule has 0 aromatic carbocycles. The van der Waals surface area contributed by atoms with Crippen LogP contribution in [0.2, 0.25) is 5.15 Å². The van der Waals surface area contributed by atoms with E-state index >= 15 is 0 Å². The van der Waals surface area contributed by atoms with Gasteiger partial charge in [-0.1, -0.05) is 11.6 Å². The molecule has 13 heteroatoms. The third-order valence-electron chi connectivity index (χ3n) is 6.01. The number of ether oxygens (including phenoxy) is 2. The Morgan fingerprint density at radius 1 is 1.28 bits per heavy atom. The number of halogens is 1. The SMILES string of the molecule is CCOC(=O)c1c(NC(=O)COC(=O)/C=C/c2c(C)nn(C3CCS(=O)(=O)C3)c2Cl)sc2c1CCC2. The zero-order valence-electron chi connectivity index (χ0n) is 19.8. The first-order valence-corrected chi connectivity index (χ1v) is 14.5. The maximum Gasteiger partial charge on any atom is 0.341 e. The molecule has 0 bridgehead atoms. The lowest BCUT2D eigenvalue weighted by atomic mass is 10.1. The molecule has 1 amide bonds. The normalized spacial score (nSPS) is 18.4. The van der Waals surface area contributed by atoms with E-state index in [4.69, 9.17) is 21.1 Å². The number of hydrogen-bond donors (Lipinski definition) is 1. The van der Waals surface area contributed by atoms with Gasteiger partial charge in [0.1, 0.15) is 10.2 Å². The molecule has 1 unspecified atom stereocenters. The predicted molar refractivity (Wildman–Crippen MR) is 135 cm³/mol. The van der Waals surface area contributed by atoms with Crippen molar-refractivity contribution in [3.8, 4) is 0 Å². The molecule has 1 aliphatic carbocycles. The molecule has 1 atom stereocenters. The first kappa shape index (κ1) is 26.4. The average molecular weight is 556 g/mol. The summed E-state index contributed by atoms with van der Waals surface area (Å²) in [5.41, 5.74) is 2.29. The van der Waals surface area contributed by atoms with Crippen LogP contribution in [0, 0.1) is 6.92 Å². The number of aromatic nitrogens is 2. The summed E-state index contributed by atoms with van der Waals surface area (Å²) in [4.78, 5) is 38.1. The van der Waals surface area contributed by atoms with E-state index in [1.165, 1.54) is 22.1 Å². The lowest BCUT2D eigenvalue weighted by molar-refractivity contribution is -0.142. The van der Waals surface area contributed by atoms with E-state index in [1.807, 2.05) is 0 Å². The van der Waals surface area contributed by atoms with Gasteiger partial charge in [0.25, 0.3) is 5.91 Å². The van der Waals surface area contributed by atoms with Crippen molar-refractivity contribution >= 4 is 61.7 Å². The summed E-state index contributed by atoms with van der Waals surface area (Å²) in [6, 6.07) is -0.350. The second kappa shape index (κ2) is 10.7. The number of nitrogens with one attached hydrogen (secondary N) is 1. The summed E-state index contributed by atoms with van der Waals surface area (Å²) in [5.74, 6) is -1.76. The van der Waals surface area contributed by atoms with E-state index < -0.39 is 34.3 Å². The van der Waals surface area contributed by atoms with Gasteiger partial charge in [0.2, 0.25) is 0 Å². The molecule has 3 heterocycles. The Bertz CT molecular complexity index is 1340. The lowest BCUT2D eigenvalue weighted by Gasteiger charge is -2.09. The highest BCUT2D eigenvalue weighted by molar-refractivity contribution is 7.91. The summed E-state index contributed by atoms with van der Waals surface area (Å²) >= 11 is 7.74. The molecule has 1 aliphatic heterocycles. The maximum atomic E-state index is 12.4. The summed E-state index contributed by atoms with van der Waals surface area (Å²) in [6.45, 7) is 3.10. The zero-order valence-corrected chi connectivity index (χ0v) is 22.2. The number of carbonyl (C=O) groups is 3. The number of thiophene rings is 1. The smallest absolute Gasteiger partial charge is 0.341 e. The molecule has 36 heavy (non-hydrogen) atoms. The molecular weight excluding hydrogens is 530 g/mol. The number of anilines is 1. The van der Waals surface area contributed by atoms with Crippen LogP contribution in [0.4, 0.5) is 5.00 Å². The molecule has 2 aromatic rings. The summed E-state index contributed by atoms with van der Waals surface area (Å²) < 4.78 is 35.2. The first-order chi connectivity index (χ1) is 17.1. The van der Waals surface area contributed by atoms with Gasteiger partial charge in [-0.25, -0.2) is 22.7 Å². The summed E-state index contributed by atoms with van der Waals surface area (Å²) in [6.07, 6.45) is 5.53. The van der Waals surface area contributed by atoms with Crippen LogP contribution in [-0.2, 0) is 41.7 Å². The highest BCUT2D eigenvalue weighted by Crippen LogP contribution is 2.39. The van der Waals surface area contributed by atoms with E-state index in [2.05, 4.69) is 10.4 Å². The standard InChI is InChI=1S/C23H26ClN3O7S2/c1-3-33-23(30)20-16-5-4-6-17(16)35-22(20)25-18(28)11-34-19(29)8-7-15-13(2)26-27(21(15)24)14-9-10-36(31,32)12-14/h7-8,14H,3-6,9-12H2,1-2H3,(H,25,28)/b8-7+. The van der Waals surface area contributed by atoms with E-state index in [9.17, 15) is 22.8 Å². The number of amides is 1. The van der Waals surface area contributed by atoms with Crippen LogP contribution in [-0.4, -0.2) is 60.8 Å². The molecule has 1 fully saturated rings. The van der Waals surface area contributed by atoms with Crippen molar-refractivity contribution in [3.63, 3.8) is 0 Å². The second-order valence-corrected chi connectivity index (χ2v) is 12.3. The van der Waals surface area contributed by atoms with Crippen LogP contribution in [0.5, 0.6) is 0 Å². The molecule has 4 rings (SSSR count). The minimum absolute atomic E-state index is 0.0285. The Morgan fingerprint density at radius 2 is 2.06 bits per heavy atom. The monoisotopic (exact) mass is 555 g/mol. The van der Waals surface area contributed by atoms with Crippen LogP contribution < -0.4 is 5.32 Å². The van der Waals surface area contributed by atoms with Gasteiger partial charge < -0.3 is 14.8 Å². The Morgan fingerprint density at radius 3 is 2.75 bits per heavy atom. The fraction of sp³-hybridized carbons (Fsp3) is 0.478. The molecule has 0 saturated carbocycles. The highest BCUT2D eigenvalue weighted by Gasteiger charge is 2.32. The Balaban J connectivity index is 1.36.